The molecule has 0 radical (unpaired) electrons. The van der Waals surface area contributed by atoms with Crippen LogP contribution in [0.5, 0.6) is 0 Å². The molecule has 0 aromatic heterocycles. The second kappa shape index (κ2) is 9.42. The second-order valence-electron chi connectivity index (χ2n) is 7.63. The Hall–Kier alpha value is 0.270. The van der Waals surface area contributed by atoms with E-state index in [-0.39, 0.29) is 0 Å². The maximum atomic E-state index is 3.82. The van der Waals surface area contributed by atoms with Crippen LogP contribution < -0.4 is 5.32 Å². The summed E-state index contributed by atoms with van der Waals surface area (Å²) in [5.74, 6) is 2.17. The molecule has 3 atom stereocenters. The first kappa shape index (κ1) is 19.3. The van der Waals surface area contributed by atoms with Crippen LogP contribution in [-0.2, 0) is 0 Å². The van der Waals surface area contributed by atoms with E-state index in [9.17, 15) is 0 Å². The van der Waals surface area contributed by atoms with Crippen molar-refractivity contribution in [3.8, 4) is 0 Å². The van der Waals surface area contributed by atoms with Crippen LogP contribution >= 0.6 is 11.8 Å². The number of hydrogen-bond donors (Lipinski definition) is 1. The molecule has 0 aliphatic heterocycles. The molecule has 21 heavy (non-hydrogen) atoms. The molecule has 3 unspecified atom stereocenters. The Labute approximate surface area is 137 Å². The van der Waals surface area contributed by atoms with Crippen molar-refractivity contribution in [2.45, 2.75) is 71.1 Å². The van der Waals surface area contributed by atoms with Gasteiger partial charge in [-0.1, -0.05) is 34.1 Å². The van der Waals surface area contributed by atoms with Crippen molar-refractivity contribution in [3.05, 3.63) is 0 Å². The van der Waals surface area contributed by atoms with Gasteiger partial charge in [0.15, 0.2) is 0 Å². The van der Waals surface area contributed by atoms with Crippen LogP contribution in [0.15, 0.2) is 0 Å². The van der Waals surface area contributed by atoms with Crippen molar-refractivity contribution in [2.75, 3.05) is 32.9 Å². The van der Waals surface area contributed by atoms with Crippen LogP contribution in [0.1, 0.15) is 59.8 Å². The minimum absolute atomic E-state index is 0.510. The topological polar surface area (TPSA) is 15.3 Å². The molecule has 0 spiro atoms. The van der Waals surface area contributed by atoms with Gasteiger partial charge >= 0.3 is 0 Å². The molecule has 1 aliphatic carbocycles. The van der Waals surface area contributed by atoms with E-state index in [2.05, 4.69) is 63.8 Å². The fourth-order valence-electron chi connectivity index (χ4n) is 3.26. The largest absolute Gasteiger partial charge is 0.313 e. The average Bonchev–Trinajstić information content (AvgIpc) is 2.45. The summed E-state index contributed by atoms with van der Waals surface area (Å²) < 4.78 is 0. The van der Waals surface area contributed by atoms with Crippen LogP contribution in [0.3, 0.4) is 0 Å². The lowest BCUT2D eigenvalue weighted by Crippen LogP contribution is -2.45. The van der Waals surface area contributed by atoms with E-state index < -0.39 is 0 Å². The Kier molecular flexibility index (Phi) is 8.66. The van der Waals surface area contributed by atoms with Gasteiger partial charge in [0.2, 0.25) is 0 Å². The fraction of sp³-hybridized carbons (Fsp3) is 1.00. The first-order valence-corrected chi connectivity index (χ1v) is 9.95. The molecule has 0 aromatic carbocycles. The van der Waals surface area contributed by atoms with Gasteiger partial charge in [0.1, 0.15) is 0 Å². The molecule has 1 aliphatic rings. The SMILES string of the molecule is CCCNC1CCC(C(C)(C)CC)CC1SCCN(C)C. The zero-order valence-electron chi connectivity index (χ0n) is 15.2. The van der Waals surface area contributed by atoms with E-state index in [0.717, 1.165) is 17.2 Å². The van der Waals surface area contributed by atoms with Crippen molar-refractivity contribution in [1.82, 2.24) is 10.2 Å². The summed E-state index contributed by atoms with van der Waals surface area (Å²) in [6.45, 7) is 11.9. The van der Waals surface area contributed by atoms with Gasteiger partial charge in [-0.05, 0) is 57.7 Å². The Balaban J connectivity index is 2.58. The van der Waals surface area contributed by atoms with Crippen molar-refractivity contribution in [1.29, 1.82) is 0 Å². The molecule has 126 valence electrons. The van der Waals surface area contributed by atoms with Gasteiger partial charge in [0, 0.05) is 23.6 Å². The summed E-state index contributed by atoms with van der Waals surface area (Å²) in [7, 11) is 4.36. The van der Waals surface area contributed by atoms with Gasteiger partial charge in [-0.25, -0.2) is 0 Å². The van der Waals surface area contributed by atoms with E-state index in [0.29, 0.717) is 5.41 Å². The number of nitrogens with zero attached hydrogens (tertiary/aromatic N) is 1. The third-order valence-corrected chi connectivity index (χ3v) is 6.70. The van der Waals surface area contributed by atoms with Gasteiger partial charge in [0.05, 0.1) is 0 Å². The molecule has 0 bridgehead atoms. The summed E-state index contributed by atoms with van der Waals surface area (Å²) in [6, 6.07) is 0.737. The quantitative estimate of drug-likeness (QED) is 0.685. The fourth-order valence-corrected chi connectivity index (χ4v) is 4.87. The summed E-state index contributed by atoms with van der Waals surface area (Å²) in [5.41, 5.74) is 0.510. The maximum absolute atomic E-state index is 3.82. The van der Waals surface area contributed by atoms with E-state index in [1.807, 2.05) is 0 Å². The van der Waals surface area contributed by atoms with Gasteiger partial charge in [-0.3, -0.25) is 0 Å². The first-order valence-electron chi connectivity index (χ1n) is 8.90. The van der Waals surface area contributed by atoms with Gasteiger partial charge in [0.25, 0.3) is 0 Å². The Morgan fingerprint density at radius 1 is 1.19 bits per heavy atom. The second-order valence-corrected chi connectivity index (χ2v) is 8.97. The first-order chi connectivity index (χ1) is 9.90. The third-order valence-electron chi connectivity index (χ3n) is 5.34. The summed E-state index contributed by atoms with van der Waals surface area (Å²) in [5, 5.41) is 4.62. The summed E-state index contributed by atoms with van der Waals surface area (Å²) in [6.07, 6.45) is 6.73. The molecule has 3 heteroatoms. The van der Waals surface area contributed by atoms with Crippen LogP contribution in [0.4, 0.5) is 0 Å². The van der Waals surface area contributed by atoms with E-state index in [1.54, 1.807) is 0 Å². The van der Waals surface area contributed by atoms with Crippen LogP contribution in [0, 0.1) is 11.3 Å². The molecular formula is C18H38N2S. The molecule has 1 saturated carbocycles. The number of nitrogens with one attached hydrogen (secondary N) is 1. The maximum Gasteiger partial charge on any atom is 0.0204 e. The lowest BCUT2D eigenvalue weighted by atomic mass is 9.68. The van der Waals surface area contributed by atoms with E-state index in [1.165, 1.54) is 50.9 Å². The minimum atomic E-state index is 0.510. The monoisotopic (exact) mass is 314 g/mol. The minimum Gasteiger partial charge on any atom is -0.313 e. The molecule has 2 nitrogen and oxygen atoms in total. The van der Waals surface area contributed by atoms with Crippen molar-refractivity contribution < 1.29 is 0 Å². The Morgan fingerprint density at radius 2 is 1.90 bits per heavy atom. The zero-order chi connectivity index (χ0) is 15.9. The zero-order valence-corrected chi connectivity index (χ0v) is 16.1. The van der Waals surface area contributed by atoms with E-state index >= 15 is 0 Å². The summed E-state index contributed by atoms with van der Waals surface area (Å²) >= 11 is 2.21. The van der Waals surface area contributed by atoms with Crippen molar-refractivity contribution in [3.63, 3.8) is 0 Å². The molecule has 1 rings (SSSR count). The molecule has 0 amide bonds. The number of hydrogen-bond acceptors (Lipinski definition) is 3. The lowest BCUT2D eigenvalue weighted by molar-refractivity contribution is 0.141. The van der Waals surface area contributed by atoms with Gasteiger partial charge in [-0.15, -0.1) is 0 Å². The normalized spacial score (nSPS) is 27.3. The molecule has 0 saturated heterocycles. The average molecular weight is 315 g/mol. The van der Waals surface area contributed by atoms with Crippen molar-refractivity contribution in [2.24, 2.45) is 11.3 Å². The molecule has 1 N–H and O–H groups in total. The molecule has 0 heterocycles. The highest BCUT2D eigenvalue weighted by Gasteiger charge is 2.37. The van der Waals surface area contributed by atoms with Crippen LogP contribution in [-0.4, -0.2) is 49.1 Å². The van der Waals surface area contributed by atoms with Crippen LogP contribution in [0.25, 0.3) is 0 Å². The third kappa shape index (κ3) is 6.50. The van der Waals surface area contributed by atoms with Gasteiger partial charge < -0.3 is 10.2 Å². The molecule has 0 aromatic rings. The lowest BCUT2D eigenvalue weighted by Gasteiger charge is -2.43. The Morgan fingerprint density at radius 3 is 2.48 bits per heavy atom. The number of rotatable bonds is 9. The highest BCUT2D eigenvalue weighted by molar-refractivity contribution is 8.00. The van der Waals surface area contributed by atoms with Crippen molar-refractivity contribution >= 4 is 11.8 Å². The highest BCUT2D eigenvalue weighted by atomic mass is 32.2. The predicted molar refractivity (Wildman–Crippen MR) is 98.3 cm³/mol. The number of thioether (sulfide) groups is 1. The smallest absolute Gasteiger partial charge is 0.0204 e. The molecule has 1 fully saturated rings. The predicted octanol–water partition coefficient (Wildman–Crippen LogP) is 4.25. The Bertz CT molecular complexity index is 278. The highest BCUT2D eigenvalue weighted by Crippen LogP contribution is 2.43. The molecular weight excluding hydrogens is 276 g/mol. The summed E-state index contributed by atoms with van der Waals surface area (Å²) in [4.78, 5) is 2.30. The van der Waals surface area contributed by atoms with E-state index in [4.69, 9.17) is 0 Å². The van der Waals surface area contributed by atoms with Gasteiger partial charge in [-0.2, -0.15) is 11.8 Å². The van der Waals surface area contributed by atoms with Crippen LogP contribution in [0.2, 0.25) is 0 Å². The standard InChI is InChI=1S/C18H38N2S/c1-7-11-19-16-10-9-15(18(3,4)8-2)14-17(16)21-13-12-20(5)6/h15-17,19H,7-14H2,1-6H3.